The number of halogens is 6. The molecule has 1 saturated heterocycles. The highest BCUT2D eigenvalue weighted by Gasteiger charge is 2.37. The SMILES string of the molecule is COc1ccc(S(=O)(=O)Nc2cc(C(F)(F)F)cc(C(F)(F)F)c2)cc1C(=O)N1CCOCC1. The van der Waals surface area contributed by atoms with Crippen LogP contribution < -0.4 is 9.46 Å². The highest BCUT2D eigenvalue weighted by molar-refractivity contribution is 7.92. The van der Waals surface area contributed by atoms with Crippen molar-refractivity contribution in [3.8, 4) is 5.75 Å². The molecule has 1 aliphatic rings. The van der Waals surface area contributed by atoms with Crippen LogP contribution in [0.15, 0.2) is 41.3 Å². The van der Waals surface area contributed by atoms with E-state index in [0.717, 1.165) is 18.2 Å². The molecule has 1 fully saturated rings. The van der Waals surface area contributed by atoms with Gasteiger partial charge < -0.3 is 14.4 Å². The van der Waals surface area contributed by atoms with Crippen LogP contribution in [0, 0.1) is 0 Å². The van der Waals surface area contributed by atoms with Crippen LogP contribution in [0.2, 0.25) is 0 Å². The monoisotopic (exact) mass is 512 g/mol. The molecule has 7 nitrogen and oxygen atoms in total. The molecule has 1 aliphatic heterocycles. The first-order valence-corrected chi connectivity index (χ1v) is 11.1. The van der Waals surface area contributed by atoms with Gasteiger partial charge in [-0.15, -0.1) is 0 Å². The van der Waals surface area contributed by atoms with Gasteiger partial charge in [0.15, 0.2) is 0 Å². The quantitative estimate of drug-likeness (QED) is 0.613. The Morgan fingerprint density at radius 3 is 2.03 bits per heavy atom. The maximum Gasteiger partial charge on any atom is 0.416 e. The van der Waals surface area contributed by atoms with Crippen molar-refractivity contribution in [1.29, 1.82) is 0 Å². The Labute approximate surface area is 190 Å². The molecular formula is C20H18F6N2O5S. The maximum atomic E-state index is 13.1. The first kappa shape index (κ1) is 25.6. The van der Waals surface area contributed by atoms with E-state index >= 15 is 0 Å². The Balaban J connectivity index is 2.00. The minimum atomic E-state index is -5.15. The number of rotatable bonds is 5. The van der Waals surface area contributed by atoms with Gasteiger partial charge in [-0.3, -0.25) is 9.52 Å². The molecule has 0 aromatic heterocycles. The molecule has 0 aliphatic carbocycles. The summed E-state index contributed by atoms with van der Waals surface area (Å²) in [5.74, 6) is -0.538. The van der Waals surface area contributed by atoms with Gasteiger partial charge in [0.05, 0.1) is 47.6 Å². The number of hydrogen-bond donors (Lipinski definition) is 1. The van der Waals surface area contributed by atoms with Crippen molar-refractivity contribution in [3.63, 3.8) is 0 Å². The standard InChI is InChI=1S/C20H18F6N2O5S/c1-32-17-3-2-15(11-16(17)18(29)28-4-6-33-7-5-28)34(30,31)27-14-9-12(19(21,22)23)8-13(10-14)20(24,25)26/h2-3,8-11,27H,4-7H2,1H3. The molecule has 0 radical (unpaired) electrons. The number of benzene rings is 2. The Hall–Kier alpha value is -3.00. The molecule has 2 aromatic rings. The molecule has 0 spiro atoms. The number of anilines is 1. The molecular weight excluding hydrogens is 494 g/mol. The van der Waals surface area contributed by atoms with Crippen LogP contribution in [-0.2, 0) is 27.1 Å². The number of nitrogens with zero attached hydrogens (tertiary/aromatic N) is 1. The molecule has 0 unspecified atom stereocenters. The number of alkyl halides is 6. The maximum absolute atomic E-state index is 13.1. The number of hydrogen-bond acceptors (Lipinski definition) is 5. The van der Waals surface area contributed by atoms with E-state index in [1.54, 1.807) is 4.72 Å². The third kappa shape index (κ3) is 5.73. The van der Waals surface area contributed by atoms with E-state index in [4.69, 9.17) is 9.47 Å². The third-order valence-electron chi connectivity index (χ3n) is 4.85. The number of carbonyl (C=O) groups is 1. The minimum Gasteiger partial charge on any atom is -0.496 e. The Morgan fingerprint density at radius 2 is 1.53 bits per heavy atom. The fourth-order valence-electron chi connectivity index (χ4n) is 3.19. The van der Waals surface area contributed by atoms with Gasteiger partial charge in [0.2, 0.25) is 0 Å². The molecule has 34 heavy (non-hydrogen) atoms. The van der Waals surface area contributed by atoms with E-state index in [9.17, 15) is 39.6 Å². The second kappa shape index (κ2) is 9.33. The Bertz CT molecular complexity index is 1140. The van der Waals surface area contributed by atoms with Crippen molar-refractivity contribution in [2.24, 2.45) is 0 Å². The van der Waals surface area contributed by atoms with E-state index in [2.05, 4.69) is 0 Å². The van der Waals surface area contributed by atoms with Crippen molar-refractivity contribution in [2.45, 2.75) is 17.2 Å². The molecule has 0 atom stereocenters. The van der Waals surface area contributed by atoms with Crippen LogP contribution in [0.5, 0.6) is 5.75 Å². The van der Waals surface area contributed by atoms with Gasteiger partial charge in [-0.05, 0) is 36.4 Å². The van der Waals surface area contributed by atoms with E-state index < -0.39 is 50.0 Å². The van der Waals surface area contributed by atoms with Crippen molar-refractivity contribution < 1.29 is 49.0 Å². The second-order valence-corrected chi connectivity index (χ2v) is 8.85. The lowest BCUT2D eigenvalue weighted by molar-refractivity contribution is -0.143. The minimum absolute atomic E-state index is 0.0360. The van der Waals surface area contributed by atoms with Gasteiger partial charge in [-0.1, -0.05) is 0 Å². The molecule has 0 bridgehead atoms. The third-order valence-corrected chi connectivity index (χ3v) is 6.23. The lowest BCUT2D eigenvalue weighted by atomic mass is 10.1. The highest BCUT2D eigenvalue weighted by atomic mass is 32.2. The first-order valence-electron chi connectivity index (χ1n) is 9.60. The molecule has 0 saturated carbocycles. The summed E-state index contributed by atoms with van der Waals surface area (Å²) in [4.78, 5) is 13.7. The molecule has 1 heterocycles. The Kier molecular flexibility index (Phi) is 7.03. The van der Waals surface area contributed by atoms with E-state index in [0.29, 0.717) is 0 Å². The van der Waals surface area contributed by atoms with Crippen LogP contribution in [-0.4, -0.2) is 52.6 Å². The van der Waals surface area contributed by atoms with E-state index in [1.165, 1.54) is 12.0 Å². The summed E-state index contributed by atoms with van der Waals surface area (Å²) in [6.45, 7) is 1.01. The lowest BCUT2D eigenvalue weighted by Crippen LogP contribution is -2.40. The average molecular weight is 512 g/mol. The van der Waals surface area contributed by atoms with Gasteiger partial charge in [-0.2, -0.15) is 26.3 Å². The average Bonchev–Trinajstić information content (AvgIpc) is 2.77. The zero-order valence-corrected chi connectivity index (χ0v) is 18.3. The van der Waals surface area contributed by atoms with Crippen molar-refractivity contribution >= 4 is 21.6 Å². The molecule has 186 valence electrons. The summed E-state index contributed by atoms with van der Waals surface area (Å²) >= 11 is 0. The summed E-state index contributed by atoms with van der Waals surface area (Å²) < 4.78 is 116. The number of morpholine rings is 1. The first-order chi connectivity index (χ1) is 15.7. The number of sulfonamides is 1. The van der Waals surface area contributed by atoms with Crippen LogP contribution in [0.25, 0.3) is 0 Å². The summed E-state index contributed by atoms with van der Waals surface area (Å²) in [6, 6.07) is 3.48. The zero-order chi connectivity index (χ0) is 25.3. The van der Waals surface area contributed by atoms with E-state index in [-0.39, 0.29) is 55.8 Å². The van der Waals surface area contributed by atoms with Crippen molar-refractivity contribution in [1.82, 2.24) is 4.90 Å². The van der Waals surface area contributed by atoms with Gasteiger partial charge in [-0.25, -0.2) is 8.42 Å². The number of amides is 1. The number of carbonyl (C=O) groups excluding carboxylic acids is 1. The smallest absolute Gasteiger partial charge is 0.416 e. The van der Waals surface area contributed by atoms with Crippen molar-refractivity contribution in [2.75, 3.05) is 38.1 Å². The van der Waals surface area contributed by atoms with Crippen LogP contribution in [0.1, 0.15) is 21.5 Å². The topological polar surface area (TPSA) is 84.9 Å². The summed E-state index contributed by atoms with van der Waals surface area (Å²) in [5, 5.41) is 0. The van der Waals surface area contributed by atoms with E-state index in [1.807, 2.05) is 0 Å². The Morgan fingerprint density at radius 1 is 0.971 bits per heavy atom. The molecule has 1 amide bonds. The summed E-state index contributed by atoms with van der Waals surface area (Å²) in [6.07, 6.45) is -10.3. The molecule has 2 aromatic carbocycles. The van der Waals surface area contributed by atoms with Gasteiger partial charge >= 0.3 is 12.4 Å². The zero-order valence-electron chi connectivity index (χ0n) is 17.5. The molecule has 1 N–H and O–H groups in total. The predicted molar refractivity (Wildman–Crippen MR) is 107 cm³/mol. The lowest BCUT2D eigenvalue weighted by Gasteiger charge is -2.27. The number of ether oxygens (including phenoxy) is 2. The van der Waals surface area contributed by atoms with Gasteiger partial charge in [0.1, 0.15) is 5.75 Å². The number of nitrogens with one attached hydrogen (secondary N) is 1. The highest BCUT2D eigenvalue weighted by Crippen LogP contribution is 2.38. The largest absolute Gasteiger partial charge is 0.496 e. The predicted octanol–water partition coefficient (Wildman–Crippen LogP) is 4.01. The van der Waals surface area contributed by atoms with Crippen LogP contribution in [0.4, 0.5) is 32.0 Å². The normalized spacial score (nSPS) is 15.2. The van der Waals surface area contributed by atoms with Crippen LogP contribution >= 0.6 is 0 Å². The fraction of sp³-hybridized carbons (Fsp3) is 0.350. The molecule has 14 heteroatoms. The number of methoxy groups -OCH3 is 1. The van der Waals surface area contributed by atoms with Gasteiger partial charge in [0.25, 0.3) is 15.9 Å². The second-order valence-electron chi connectivity index (χ2n) is 7.17. The van der Waals surface area contributed by atoms with Gasteiger partial charge in [0, 0.05) is 13.1 Å². The summed E-state index contributed by atoms with van der Waals surface area (Å²) in [7, 11) is -3.44. The molecule has 3 rings (SSSR count). The summed E-state index contributed by atoms with van der Waals surface area (Å²) in [5.41, 5.74) is -4.46. The van der Waals surface area contributed by atoms with Crippen molar-refractivity contribution in [3.05, 3.63) is 53.1 Å². The van der Waals surface area contributed by atoms with Crippen LogP contribution in [0.3, 0.4) is 0 Å². The fourth-order valence-corrected chi connectivity index (χ4v) is 4.25.